The lowest BCUT2D eigenvalue weighted by molar-refractivity contribution is 0.0970. The fraction of sp³-hybridized carbons (Fsp3) is 0.100. The molecule has 0 aliphatic carbocycles. The molecular weight excluding hydrogens is 461 g/mol. The molecule has 2 aromatic carbocycles. The smallest absolute Gasteiger partial charge is 0.297 e. The SMILES string of the molecule is Cc1nnc(N2C(=O)c3oc4ccc(Br)cc4c(=O)c3C2c2ccccc2F)s1. The maximum atomic E-state index is 14.8. The van der Waals surface area contributed by atoms with E-state index in [1.165, 1.54) is 22.3 Å². The number of halogens is 2. The van der Waals surface area contributed by atoms with Crippen molar-refractivity contribution < 1.29 is 13.6 Å². The summed E-state index contributed by atoms with van der Waals surface area (Å²) < 4.78 is 21.3. The Morgan fingerprint density at radius 1 is 1.17 bits per heavy atom. The van der Waals surface area contributed by atoms with Crippen molar-refractivity contribution in [3.8, 4) is 0 Å². The van der Waals surface area contributed by atoms with Gasteiger partial charge in [-0.3, -0.25) is 14.5 Å². The van der Waals surface area contributed by atoms with Crippen LogP contribution in [0.25, 0.3) is 11.0 Å². The third-order valence-corrected chi connectivity index (χ3v) is 6.08. The van der Waals surface area contributed by atoms with Crippen molar-refractivity contribution in [1.29, 1.82) is 0 Å². The number of hydrogen-bond donors (Lipinski definition) is 0. The van der Waals surface area contributed by atoms with Crippen LogP contribution in [0.5, 0.6) is 0 Å². The Balaban J connectivity index is 1.86. The summed E-state index contributed by atoms with van der Waals surface area (Å²) in [5.74, 6) is -1.18. The van der Waals surface area contributed by atoms with Gasteiger partial charge >= 0.3 is 0 Å². The first-order chi connectivity index (χ1) is 14.0. The molecule has 0 N–H and O–H groups in total. The summed E-state index contributed by atoms with van der Waals surface area (Å²) in [5.41, 5.74) is 0.188. The minimum atomic E-state index is -0.995. The summed E-state index contributed by atoms with van der Waals surface area (Å²) >= 11 is 4.53. The van der Waals surface area contributed by atoms with E-state index in [4.69, 9.17) is 4.42 Å². The zero-order chi connectivity index (χ0) is 20.3. The van der Waals surface area contributed by atoms with E-state index in [2.05, 4.69) is 26.1 Å². The third kappa shape index (κ3) is 2.72. The van der Waals surface area contributed by atoms with E-state index in [9.17, 15) is 14.0 Å². The molecule has 1 amide bonds. The number of nitrogens with zero attached hydrogens (tertiary/aromatic N) is 3. The highest BCUT2D eigenvalue weighted by atomic mass is 79.9. The second-order valence-corrected chi connectivity index (χ2v) is 8.59. The average Bonchev–Trinajstić information content (AvgIpc) is 3.24. The van der Waals surface area contributed by atoms with Gasteiger partial charge in [-0.25, -0.2) is 4.39 Å². The molecule has 6 nitrogen and oxygen atoms in total. The first kappa shape index (κ1) is 18.1. The molecule has 0 radical (unpaired) electrons. The lowest BCUT2D eigenvalue weighted by atomic mass is 9.98. The normalized spacial score (nSPS) is 15.9. The van der Waals surface area contributed by atoms with Crippen molar-refractivity contribution in [2.75, 3.05) is 4.90 Å². The number of aryl methyl sites for hydroxylation is 1. The molecule has 0 bridgehead atoms. The van der Waals surface area contributed by atoms with Crippen molar-refractivity contribution in [2.45, 2.75) is 13.0 Å². The van der Waals surface area contributed by atoms with Crippen molar-refractivity contribution in [1.82, 2.24) is 10.2 Å². The lowest BCUT2D eigenvalue weighted by Gasteiger charge is -2.22. The van der Waals surface area contributed by atoms with E-state index in [0.29, 0.717) is 14.9 Å². The quantitative estimate of drug-likeness (QED) is 0.426. The Bertz CT molecular complexity index is 1370. The number of fused-ring (bicyclic) bond motifs is 2. The van der Waals surface area contributed by atoms with Gasteiger partial charge in [0.15, 0.2) is 5.43 Å². The van der Waals surface area contributed by atoms with Gasteiger partial charge in [-0.15, -0.1) is 10.2 Å². The van der Waals surface area contributed by atoms with Crippen molar-refractivity contribution in [3.05, 3.63) is 84.9 Å². The van der Waals surface area contributed by atoms with Gasteiger partial charge in [0.1, 0.15) is 22.4 Å². The average molecular weight is 472 g/mol. The maximum absolute atomic E-state index is 14.8. The van der Waals surface area contributed by atoms with Crippen molar-refractivity contribution >= 4 is 49.3 Å². The van der Waals surface area contributed by atoms with E-state index in [0.717, 1.165) is 0 Å². The van der Waals surface area contributed by atoms with Crippen LogP contribution in [0.1, 0.15) is 32.7 Å². The van der Waals surface area contributed by atoms with Gasteiger partial charge in [-0.05, 0) is 31.2 Å². The lowest BCUT2D eigenvalue weighted by Crippen LogP contribution is -2.30. The molecule has 29 heavy (non-hydrogen) atoms. The molecule has 0 saturated heterocycles. The summed E-state index contributed by atoms with van der Waals surface area (Å²) in [7, 11) is 0. The minimum Gasteiger partial charge on any atom is -0.450 e. The Hall–Kier alpha value is -2.91. The zero-order valence-corrected chi connectivity index (χ0v) is 17.3. The van der Waals surface area contributed by atoms with Crippen LogP contribution in [0.3, 0.4) is 0 Å². The van der Waals surface area contributed by atoms with Crippen LogP contribution in [-0.2, 0) is 0 Å². The molecule has 9 heteroatoms. The molecule has 144 valence electrons. The predicted octanol–water partition coefficient (Wildman–Crippen LogP) is 4.60. The standard InChI is InChI=1S/C20H11BrFN3O3S/c1-9-23-24-20(29-9)25-16(11-4-2-3-5-13(11)22)15-17(26)12-8-10(21)6-7-14(12)28-18(15)19(25)27/h2-8,16H,1H3. The van der Waals surface area contributed by atoms with E-state index < -0.39 is 17.8 Å². The molecule has 1 aliphatic rings. The Kier molecular flexibility index (Phi) is 4.11. The highest BCUT2D eigenvalue weighted by molar-refractivity contribution is 9.10. The number of hydrogen-bond acceptors (Lipinski definition) is 6. The van der Waals surface area contributed by atoms with E-state index in [1.54, 1.807) is 43.3 Å². The second kappa shape index (κ2) is 6.57. The van der Waals surface area contributed by atoms with E-state index in [-0.39, 0.29) is 33.0 Å². The van der Waals surface area contributed by atoms with Crippen LogP contribution in [0.4, 0.5) is 9.52 Å². The molecule has 1 atom stereocenters. The van der Waals surface area contributed by atoms with Crippen LogP contribution in [-0.4, -0.2) is 16.1 Å². The predicted molar refractivity (Wildman–Crippen MR) is 110 cm³/mol. The summed E-state index contributed by atoms with van der Waals surface area (Å²) in [6.07, 6.45) is 0. The second-order valence-electron chi connectivity index (χ2n) is 6.52. The van der Waals surface area contributed by atoms with Crippen molar-refractivity contribution in [3.63, 3.8) is 0 Å². The third-order valence-electron chi connectivity index (χ3n) is 4.75. The monoisotopic (exact) mass is 471 g/mol. The summed E-state index contributed by atoms with van der Waals surface area (Å²) in [4.78, 5) is 27.9. The Labute approximate surface area is 175 Å². The van der Waals surface area contributed by atoms with Gasteiger partial charge in [0.25, 0.3) is 5.91 Å². The van der Waals surface area contributed by atoms with Crippen LogP contribution < -0.4 is 10.3 Å². The van der Waals surface area contributed by atoms with Gasteiger partial charge in [-0.1, -0.05) is 45.5 Å². The molecule has 5 rings (SSSR count). The van der Waals surface area contributed by atoms with Crippen LogP contribution >= 0.6 is 27.3 Å². The molecule has 3 heterocycles. The molecular formula is C20H11BrFN3O3S. The Morgan fingerprint density at radius 2 is 1.97 bits per heavy atom. The van der Waals surface area contributed by atoms with Gasteiger partial charge in [0.2, 0.25) is 10.9 Å². The van der Waals surface area contributed by atoms with Crippen LogP contribution in [0.15, 0.2) is 56.1 Å². The fourth-order valence-electron chi connectivity index (χ4n) is 3.52. The van der Waals surface area contributed by atoms with Gasteiger partial charge in [0, 0.05) is 10.0 Å². The molecule has 0 fully saturated rings. The highest BCUT2D eigenvalue weighted by Gasteiger charge is 2.46. The number of amides is 1. The molecule has 4 aromatic rings. The van der Waals surface area contributed by atoms with Gasteiger partial charge in [0.05, 0.1) is 10.9 Å². The number of benzene rings is 2. The first-order valence-corrected chi connectivity index (χ1v) is 10.2. The molecule has 2 aromatic heterocycles. The van der Waals surface area contributed by atoms with Gasteiger partial charge < -0.3 is 4.42 Å². The largest absolute Gasteiger partial charge is 0.450 e. The Morgan fingerprint density at radius 3 is 2.69 bits per heavy atom. The highest BCUT2D eigenvalue weighted by Crippen LogP contribution is 2.42. The zero-order valence-electron chi connectivity index (χ0n) is 14.8. The van der Waals surface area contributed by atoms with Crippen LogP contribution in [0, 0.1) is 12.7 Å². The number of anilines is 1. The van der Waals surface area contributed by atoms with Gasteiger partial charge in [-0.2, -0.15) is 0 Å². The molecule has 0 spiro atoms. The number of carbonyl (C=O) groups is 1. The molecule has 1 aliphatic heterocycles. The van der Waals surface area contributed by atoms with E-state index in [1.807, 2.05) is 0 Å². The minimum absolute atomic E-state index is 0.0959. The maximum Gasteiger partial charge on any atom is 0.297 e. The number of aromatic nitrogens is 2. The van der Waals surface area contributed by atoms with E-state index >= 15 is 0 Å². The fourth-order valence-corrected chi connectivity index (χ4v) is 4.59. The molecule has 1 unspecified atom stereocenters. The summed E-state index contributed by atoms with van der Waals surface area (Å²) in [5, 5.41) is 9.24. The first-order valence-electron chi connectivity index (χ1n) is 8.60. The molecule has 0 saturated carbocycles. The topological polar surface area (TPSA) is 76.3 Å². The van der Waals surface area contributed by atoms with Crippen molar-refractivity contribution in [2.24, 2.45) is 0 Å². The summed E-state index contributed by atoms with van der Waals surface area (Å²) in [6.45, 7) is 1.75. The summed E-state index contributed by atoms with van der Waals surface area (Å²) in [6, 6.07) is 10.0. The number of carbonyl (C=O) groups excluding carboxylic acids is 1. The number of rotatable bonds is 2. The van der Waals surface area contributed by atoms with Crippen LogP contribution in [0.2, 0.25) is 0 Å².